The van der Waals surface area contributed by atoms with E-state index in [-0.39, 0.29) is 6.42 Å². The number of hydrogen-bond acceptors (Lipinski definition) is 6. The van der Waals surface area contributed by atoms with Gasteiger partial charge in [-0.15, -0.1) is 10.2 Å². The second-order valence-corrected chi connectivity index (χ2v) is 9.12. The number of piperidine rings is 1. The first kappa shape index (κ1) is 20.6. The molecule has 3 aromatic heterocycles. The first-order valence-electron chi connectivity index (χ1n) is 10.9. The van der Waals surface area contributed by atoms with Gasteiger partial charge in [-0.25, -0.2) is 4.98 Å². The first-order valence-corrected chi connectivity index (χ1v) is 11.9. The van der Waals surface area contributed by atoms with Gasteiger partial charge in [0.2, 0.25) is 0 Å². The molecule has 1 saturated heterocycles. The summed E-state index contributed by atoms with van der Waals surface area (Å²) in [5.41, 5.74) is 4.46. The Kier molecular flexibility index (Phi) is 5.85. The molecule has 2 N–H and O–H groups in total. The fourth-order valence-electron chi connectivity index (χ4n) is 4.49. The minimum absolute atomic E-state index is 0.160. The van der Waals surface area contributed by atoms with Crippen molar-refractivity contribution in [1.29, 1.82) is 0 Å². The molecule has 0 amide bonds. The van der Waals surface area contributed by atoms with E-state index in [1.165, 1.54) is 5.57 Å². The van der Waals surface area contributed by atoms with E-state index in [0.717, 1.165) is 72.9 Å². The molecule has 0 bridgehead atoms. The lowest BCUT2D eigenvalue weighted by Crippen LogP contribution is -2.34. The molecule has 7 nitrogen and oxygen atoms in total. The summed E-state index contributed by atoms with van der Waals surface area (Å²) in [6.07, 6.45) is 10.3. The van der Waals surface area contributed by atoms with Crippen molar-refractivity contribution < 1.29 is 9.90 Å². The molecule has 1 aliphatic heterocycles. The van der Waals surface area contributed by atoms with E-state index < -0.39 is 5.97 Å². The molecule has 0 saturated carbocycles. The summed E-state index contributed by atoms with van der Waals surface area (Å²) < 4.78 is 0. The van der Waals surface area contributed by atoms with E-state index in [2.05, 4.69) is 37.2 Å². The molecule has 4 heterocycles. The van der Waals surface area contributed by atoms with Crippen LogP contribution >= 0.6 is 11.3 Å². The Labute approximate surface area is 190 Å². The lowest BCUT2D eigenvalue weighted by atomic mass is 9.83. The zero-order chi connectivity index (χ0) is 21.9. The summed E-state index contributed by atoms with van der Waals surface area (Å²) in [7, 11) is 0. The highest BCUT2D eigenvalue weighted by atomic mass is 32.1. The molecule has 0 spiro atoms. The second kappa shape index (κ2) is 9.08. The maximum atomic E-state index is 10.9. The number of allylic oxidation sites excluding steroid dienone is 3. The zero-order valence-electron chi connectivity index (χ0n) is 17.7. The highest BCUT2D eigenvalue weighted by Gasteiger charge is 2.24. The standard InChI is InChI=1S/C24H25N5O2S/c30-22(31)13-16-1-3-17(4-2-16)18-7-10-29(11-8-18)21-6-5-19(14-25-21)23-26-24(28-27-23)20-9-12-32-15-20/h1,3,5-6,9,12,14-15,18H,2,4,7-8,10-11,13H2,(H,30,31)(H,26,27,28). The van der Waals surface area contributed by atoms with Crippen LogP contribution in [0.15, 0.2) is 58.5 Å². The maximum absolute atomic E-state index is 10.9. The Morgan fingerprint density at radius 2 is 1.91 bits per heavy atom. The number of aromatic amines is 1. The van der Waals surface area contributed by atoms with Gasteiger partial charge < -0.3 is 15.0 Å². The van der Waals surface area contributed by atoms with Crippen molar-refractivity contribution >= 4 is 23.1 Å². The first-order chi connectivity index (χ1) is 15.7. The average molecular weight is 448 g/mol. The van der Waals surface area contributed by atoms with E-state index >= 15 is 0 Å². The molecular weight excluding hydrogens is 422 g/mol. The number of aliphatic carboxylic acids is 1. The van der Waals surface area contributed by atoms with E-state index in [1.807, 2.05) is 35.2 Å². The fraction of sp³-hybridized carbons (Fsp3) is 0.333. The number of thiophene rings is 1. The van der Waals surface area contributed by atoms with Crippen molar-refractivity contribution in [2.45, 2.75) is 32.1 Å². The molecule has 1 fully saturated rings. The summed E-state index contributed by atoms with van der Waals surface area (Å²) in [4.78, 5) is 21.2. The van der Waals surface area contributed by atoms with Crippen molar-refractivity contribution in [2.24, 2.45) is 5.92 Å². The molecule has 3 aromatic rings. The minimum atomic E-state index is -0.744. The van der Waals surface area contributed by atoms with E-state index in [9.17, 15) is 4.79 Å². The summed E-state index contributed by atoms with van der Waals surface area (Å²) in [6.45, 7) is 1.95. The Morgan fingerprint density at radius 3 is 2.53 bits per heavy atom. The number of hydrogen-bond donors (Lipinski definition) is 2. The Bertz CT molecular complexity index is 1140. The van der Waals surface area contributed by atoms with Gasteiger partial charge in [0, 0.05) is 35.8 Å². The number of nitrogens with zero attached hydrogens (tertiary/aromatic N) is 4. The largest absolute Gasteiger partial charge is 0.481 e. The van der Waals surface area contributed by atoms with Crippen LogP contribution in [-0.4, -0.2) is 44.3 Å². The molecule has 0 radical (unpaired) electrons. The van der Waals surface area contributed by atoms with Crippen molar-refractivity contribution in [3.05, 3.63) is 58.5 Å². The summed E-state index contributed by atoms with van der Waals surface area (Å²) in [6, 6.07) is 6.13. The number of nitrogens with one attached hydrogen (secondary N) is 1. The quantitative estimate of drug-likeness (QED) is 0.556. The number of H-pyrrole nitrogens is 1. The lowest BCUT2D eigenvalue weighted by molar-refractivity contribution is -0.136. The number of pyridine rings is 1. The smallest absolute Gasteiger partial charge is 0.307 e. The highest BCUT2D eigenvalue weighted by Crippen LogP contribution is 2.33. The summed E-state index contributed by atoms with van der Waals surface area (Å²) in [5, 5.41) is 21.5. The van der Waals surface area contributed by atoms with Gasteiger partial charge in [-0.3, -0.25) is 4.79 Å². The van der Waals surface area contributed by atoms with E-state index in [0.29, 0.717) is 5.92 Å². The molecule has 2 aliphatic rings. The third kappa shape index (κ3) is 4.50. The summed E-state index contributed by atoms with van der Waals surface area (Å²) >= 11 is 1.64. The van der Waals surface area contributed by atoms with Crippen molar-refractivity contribution in [3.63, 3.8) is 0 Å². The van der Waals surface area contributed by atoms with Crippen LogP contribution in [0.3, 0.4) is 0 Å². The van der Waals surface area contributed by atoms with Crippen molar-refractivity contribution in [1.82, 2.24) is 20.2 Å². The molecule has 32 heavy (non-hydrogen) atoms. The Balaban J connectivity index is 1.19. The predicted molar refractivity (Wildman–Crippen MR) is 126 cm³/mol. The number of carboxylic acids is 1. The van der Waals surface area contributed by atoms with Crippen LogP contribution in [0.2, 0.25) is 0 Å². The monoisotopic (exact) mass is 447 g/mol. The van der Waals surface area contributed by atoms with Crippen molar-refractivity contribution in [3.8, 4) is 22.8 Å². The van der Waals surface area contributed by atoms with Gasteiger partial charge >= 0.3 is 5.97 Å². The normalized spacial score (nSPS) is 17.2. The van der Waals surface area contributed by atoms with Crippen LogP contribution in [0, 0.1) is 5.92 Å². The minimum Gasteiger partial charge on any atom is -0.481 e. The van der Waals surface area contributed by atoms with Gasteiger partial charge in [-0.05, 0) is 55.2 Å². The molecule has 0 unspecified atom stereocenters. The van der Waals surface area contributed by atoms with Gasteiger partial charge in [0.25, 0.3) is 0 Å². The third-order valence-electron chi connectivity index (χ3n) is 6.29. The number of carboxylic acid groups (broad SMARTS) is 1. The van der Waals surface area contributed by atoms with E-state index in [1.54, 1.807) is 11.3 Å². The zero-order valence-corrected chi connectivity index (χ0v) is 18.5. The second-order valence-electron chi connectivity index (χ2n) is 8.34. The van der Waals surface area contributed by atoms with Crippen LogP contribution in [0.1, 0.15) is 32.1 Å². The molecule has 0 atom stereocenters. The predicted octanol–water partition coefficient (Wildman–Crippen LogP) is 4.93. The molecule has 164 valence electrons. The maximum Gasteiger partial charge on any atom is 0.307 e. The van der Waals surface area contributed by atoms with Crippen LogP contribution in [0.4, 0.5) is 5.82 Å². The molecular formula is C24H25N5O2S. The van der Waals surface area contributed by atoms with Crippen LogP contribution in [0.5, 0.6) is 0 Å². The molecule has 0 aromatic carbocycles. The van der Waals surface area contributed by atoms with Gasteiger partial charge in [0.05, 0.1) is 6.42 Å². The van der Waals surface area contributed by atoms with Crippen LogP contribution in [0.25, 0.3) is 22.8 Å². The number of carbonyl (C=O) groups is 1. The van der Waals surface area contributed by atoms with Crippen molar-refractivity contribution in [2.75, 3.05) is 18.0 Å². The Hall–Kier alpha value is -3.26. The number of rotatable bonds is 6. The fourth-order valence-corrected chi connectivity index (χ4v) is 5.13. The SMILES string of the molecule is O=C(O)CC1=CC=C(C2CCN(c3ccc(-c4nnc(-c5ccsc5)[nH]4)cn3)CC2)CC1. The summed E-state index contributed by atoms with van der Waals surface area (Å²) in [5.74, 6) is 2.33. The molecule has 5 rings (SSSR count). The van der Waals surface area contributed by atoms with Gasteiger partial charge in [-0.2, -0.15) is 11.3 Å². The average Bonchev–Trinajstić information content (AvgIpc) is 3.52. The third-order valence-corrected chi connectivity index (χ3v) is 6.98. The van der Waals surface area contributed by atoms with Gasteiger partial charge in [0.15, 0.2) is 11.6 Å². The number of anilines is 1. The molecule has 1 aliphatic carbocycles. The van der Waals surface area contributed by atoms with Crippen LogP contribution < -0.4 is 4.90 Å². The number of aromatic nitrogens is 4. The highest BCUT2D eigenvalue weighted by molar-refractivity contribution is 7.08. The van der Waals surface area contributed by atoms with Crippen LogP contribution in [-0.2, 0) is 4.79 Å². The van der Waals surface area contributed by atoms with E-state index in [4.69, 9.17) is 5.11 Å². The van der Waals surface area contributed by atoms with Gasteiger partial charge in [0.1, 0.15) is 5.82 Å². The molecule has 8 heteroatoms. The Morgan fingerprint density at radius 1 is 1.09 bits per heavy atom. The topological polar surface area (TPSA) is 95.0 Å². The van der Waals surface area contributed by atoms with Gasteiger partial charge in [-0.1, -0.05) is 23.3 Å². The lowest BCUT2D eigenvalue weighted by Gasteiger charge is -2.34.